The van der Waals surface area contributed by atoms with E-state index in [1.807, 2.05) is 32.2 Å². The molecule has 0 aliphatic heterocycles. The van der Waals surface area contributed by atoms with E-state index in [2.05, 4.69) is 30.0 Å². The number of nitrogens with zero attached hydrogens (tertiary/aromatic N) is 1. The molecule has 4 heteroatoms. The van der Waals surface area contributed by atoms with Crippen LogP contribution in [-0.4, -0.2) is 19.1 Å². The molecule has 0 spiro atoms. The maximum absolute atomic E-state index is 11.9. The summed E-state index contributed by atoms with van der Waals surface area (Å²) in [6.45, 7) is 5.56. The van der Waals surface area contributed by atoms with Crippen molar-refractivity contribution in [3.8, 4) is 5.75 Å². The Hall–Kier alpha value is -2.59. The fourth-order valence-corrected chi connectivity index (χ4v) is 3.00. The van der Waals surface area contributed by atoms with Crippen LogP contribution >= 0.6 is 0 Å². The lowest BCUT2D eigenvalue weighted by molar-refractivity contribution is 0.319. The lowest BCUT2D eigenvalue weighted by Gasteiger charge is -2.18. The Morgan fingerprint density at radius 1 is 1.00 bits per heavy atom. The zero-order valence-electron chi connectivity index (χ0n) is 15.1. The third kappa shape index (κ3) is 3.91. The molecule has 0 bridgehead atoms. The molecule has 0 atom stereocenters. The van der Waals surface area contributed by atoms with Crippen molar-refractivity contribution >= 4 is 11.0 Å². The van der Waals surface area contributed by atoms with Gasteiger partial charge >= 0.3 is 5.63 Å². The second-order valence-electron chi connectivity index (χ2n) is 6.54. The summed E-state index contributed by atoms with van der Waals surface area (Å²) < 4.78 is 10.6. The van der Waals surface area contributed by atoms with Crippen LogP contribution in [0.1, 0.15) is 22.3 Å². The normalized spacial score (nSPS) is 11.2. The van der Waals surface area contributed by atoms with E-state index in [9.17, 15) is 4.79 Å². The minimum atomic E-state index is -0.302. The summed E-state index contributed by atoms with van der Waals surface area (Å²) in [5.74, 6) is 0.851. The van der Waals surface area contributed by atoms with Gasteiger partial charge in [0.2, 0.25) is 0 Å². The molecule has 0 radical (unpaired) electrons. The summed E-state index contributed by atoms with van der Waals surface area (Å²) >= 11 is 0. The zero-order chi connectivity index (χ0) is 18.0. The molecule has 3 rings (SSSR count). The number of hydrogen-bond donors (Lipinski definition) is 0. The van der Waals surface area contributed by atoms with Gasteiger partial charge in [-0.15, -0.1) is 0 Å². The first kappa shape index (κ1) is 17.2. The molecule has 4 nitrogen and oxygen atoms in total. The van der Waals surface area contributed by atoms with E-state index in [-0.39, 0.29) is 5.63 Å². The number of aryl methyl sites for hydroxylation is 2. The Morgan fingerprint density at radius 3 is 2.36 bits per heavy atom. The molecule has 25 heavy (non-hydrogen) atoms. The van der Waals surface area contributed by atoms with E-state index in [0.29, 0.717) is 12.1 Å². The average molecular weight is 337 g/mol. The standard InChI is InChI=1S/C21H23NO3/c1-14-9-19-17(11-21(23)25-20(19)10-15(14)2)13-22(3)12-16-5-7-18(24-4)8-6-16/h5-11H,12-13H2,1-4H3. The van der Waals surface area contributed by atoms with E-state index in [1.54, 1.807) is 13.2 Å². The fourth-order valence-electron chi connectivity index (χ4n) is 3.00. The minimum Gasteiger partial charge on any atom is -0.497 e. The lowest BCUT2D eigenvalue weighted by atomic mass is 10.0. The van der Waals surface area contributed by atoms with Crippen molar-refractivity contribution in [2.24, 2.45) is 0 Å². The van der Waals surface area contributed by atoms with E-state index in [0.717, 1.165) is 28.8 Å². The highest BCUT2D eigenvalue weighted by Crippen LogP contribution is 2.23. The predicted molar refractivity (Wildman–Crippen MR) is 100 cm³/mol. The van der Waals surface area contributed by atoms with Gasteiger partial charge < -0.3 is 9.15 Å². The highest BCUT2D eigenvalue weighted by molar-refractivity contribution is 5.81. The number of fused-ring (bicyclic) bond motifs is 1. The Kier molecular flexibility index (Phi) is 4.91. The molecule has 0 aliphatic rings. The quantitative estimate of drug-likeness (QED) is 0.659. The Bertz CT molecular complexity index is 942. The van der Waals surface area contributed by atoms with Crippen molar-refractivity contribution in [1.29, 1.82) is 0 Å². The van der Waals surface area contributed by atoms with Gasteiger partial charge in [0, 0.05) is 24.5 Å². The van der Waals surface area contributed by atoms with Gasteiger partial charge in [0.15, 0.2) is 0 Å². The van der Waals surface area contributed by atoms with Gasteiger partial charge in [-0.25, -0.2) is 4.79 Å². The first-order valence-electron chi connectivity index (χ1n) is 8.31. The van der Waals surface area contributed by atoms with Crippen molar-refractivity contribution in [1.82, 2.24) is 4.90 Å². The first-order chi connectivity index (χ1) is 12.0. The van der Waals surface area contributed by atoms with Crippen LogP contribution in [0.4, 0.5) is 0 Å². The third-order valence-electron chi connectivity index (χ3n) is 4.50. The van der Waals surface area contributed by atoms with Crippen LogP contribution in [0.5, 0.6) is 5.75 Å². The fraction of sp³-hybridized carbons (Fsp3) is 0.286. The van der Waals surface area contributed by atoms with Gasteiger partial charge in [0.05, 0.1) is 7.11 Å². The highest BCUT2D eigenvalue weighted by Gasteiger charge is 2.10. The minimum absolute atomic E-state index is 0.302. The van der Waals surface area contributed by atoms with Crippen molar-refractivity contribution in [3.05, 3.63) is 75.1 Å². The molecule has 1 aromatic heterocycles. The monoisotopic (exact) mass is 337 g/mol. The Balaban J connectivity index is 1.86. The smallest absolute Gasteiger partial charge is 0.336 e. The third-order valence-corrected chi connectivity index (χ3v) is 4.50. The molecule has 0 unspecified atom stereocenters. The van der Waals surface area contributed by atoms with Gasteiger partial charge in [-0.1, -0.05) is 12.1 Å². The van der Waals surface area contributed by atoms with Gasteiger partial charge in [-0.2, -0.15) is 0 Å². The second-order valence-corrected chi connectivity index (χ2v) is 6.54. The van der Waals surface area contributed by atoms with Crippen LogP contribution in [0.2, 0.25) is 0 Å². The second kappa shape index (κ2) is 7.11. The molecule has 130 valence electrons. The largest absolute Gasteiger partial charge is 0.497 e. The topological polar surface area (TPSA) is 42.7 Å². The molecule has 3 aromatic rings. The van der Waals surface area contributed by atoms with Gasteiger partial charge in [0.25, 0.3) is 0 Å². The van der Waals surface area contributed by atoms with Crippen molar-refractivity contribution in [3.63, 3.8) is 0 Å². The van der Waals surface area contributed by atoms with Gasteiger partial charge in [-0.3, -0.25) is 4.90 Å². The molecule has 0 saturated heterocycles. The number of rotatable bonds is 5. The Labute approximate surface area is 147 Å². The zero-order valence-corrected chi connectivity index (χ0v) is 15.1. The summed E-state index contributed by atoms with van der Waals surface area (Å²) in [7, 11) is 3.71. The molecule has 1 heterocycles. The predicted octanol–water partition coefficient (Wildman–Crippen LogP) is 4.05. The summed E-state index contributed by atoms with van der Waals surface area (Å²) in [6, 6.07) is 13.7. The molecule has 0 aliphatic carbocycles. The van der Waals surface area contributed by atoms with E-state index in [4.69, 9.17) is 9.15 Å². The van der Waals surface area contributed by atoms with E-state index in [1.165, 1.54) is 11.1 Å². The maximum atomic E-state index is 11.9. The molecular weight excluding hydrogens is 314 g/mol. The molecule has 2 aromatic carbocycles. The Morgan fingerprint density at radius 2 is 1.68 bits per heavy atom. The number of ether oxygens (including phenoxy) is 1. The van der Waals surface area contributed by atoms with Crippen LogP contribution in [0.15, 0.2) is 51.7 Å². The van der Waals surface area contributed by atoms with Crippen molar-refractivity contribution in [2.45, 2.75) is 26.9 Å². The summed E-state index contributed by atoms with van der Waals surface area (Å²) in [6.07, 6.45) is 0. The SMILES string of the molecule is COc1ccc(CN(C)Cc2cc(=O)oc3cc(C)c(C)cc23)cc1. The van der Waals surface area contributed by atoms with Crippen molar-refractivity contribution < 1.29 is 9.15 Å². The lowest BCUT2D eigenvalue weighted by Crippen LogP contribution is -2.18. The average Bonchev–Trinajstić information content (AvgIpc) is 2.57. The molecule has 0 N–H and O–H groups in total. The van der Waals surface area contributed by atoms with Crippen molar-refractivity contribution in [2.75, 3.05) is 14.2 Å². The maximum Gasteiger partial charge on any atom is 0.336 e. The molecule has 0 fully saturated rings. The van der Waals surface area contributed by atoms with Crippen LogP contribution in [0, 0.1) is 13.8 Å². The molecule has 0 saturated carbocycles. The van der Waals surface area contributed by atoms with Crippen LogP contribution in [-0.2, 0) is 13.1 Å². The highest BCUT2D eigenvalue weighted by atomic mass is 16.5. The van der Waals surface area contributed by atoms with Gasteiger partial charge in [0.1, 0.15) is 11.3 Å². The summed E-state index contributed by atoms with van der Waals surface area (Å²) in [4.78, 5) is 14.1. The van der Waals surface area contributed by atoms with E-state index < -0.39 is 0 Å². The molecular formula is C21H23NO3. The summed E-state index contributed by atoms with van der Waals surface area (Å²) in [5, 5.41) is 1.00. The number of methoxy groups -OCH3 is 1. The van der Waals surface area contributed by atoms with E-state index >= 15 is 0 Å². The van der Waals surface area contributed by atoms with Crippen LogP contribution < -0.4 is 10.4 Å². The molecule has 0 amide bonds. The summed E-state index contributed by atoms with van der Waals surface area (Å²) in [5.41, 5.74) is 4.86. The van der Waals surface area contributed by atoms with Gasteiger partial charge in [-0.05, 0) is 67.4 Å². The number of benzene rings is 2. The van der Waals surface area contributed by atoms with Crippen LogP contribution in [0.25, 0.3) is 11.0 Å². The number of hydrogen-bond acceptors (Lipinski definition) is 4. The van der Waals surface area contributed by atoms with Crippen LogP contribution in [0.3, 0.4) is 0 Å². The first-order valence-corrected chi connectivity index (χ1v) is 8.31.